The lowest BCUT2D eigenvalue weighted by molar-refractivity contribution is 0.222. The maximum absolute atomic E-state index is 11.8. The lowest BCUT2D eigenvalue weighted by atomic mass is 10.1. The highest BCUT2D eigenvalue weighted by atomic mass is 16.3. The second-order valence-corrected chi connectivity index (χ2v) is 6.11. The molecule has 122 valence electrons. The predicted octanol–water partition coefficient (Wildman–Crippen LogP) is 1.50. The Labute approximate surface area is 132 Å². The van der Waals surface area contributed by atoms with E-state index in [0.29, 0.717) is 25.2 Å². The summed E-state index contributed by atoms with van der Waals surface area (Å²) >= 11 is 0. The van der Waals surface area contributed by atoms with Crippen LogP contribution < -0.4 is 10.6 Å². The Balaban J connectivity index is 1.60. The van der Waals surface area contributed by atoms with Crippen LogP contribution in [0.15, 0.2) is 24.3 Å². The number of nitrogens with one attached hydrogen (secondary N) is 2. The SMILES string of the molecule is CC(CNC(=O)NCCc1ccc(CO)cc1)N(C)C1CC1. The van der Waals surface area contributed by atoms with Crippen LogP contribution in [0.2, 0.25) is 0 Å². The summed E-state index contributed by atoms with van der Waals surface area (Å²) in [7, 11) is 2.12. The van der Waals surface area contributed by atoms with Gasteiger partial charge in [0.25, 0.3) is 0 Å². The molecule has 5 nitrogen and oxygen atoms in total. The van der Waals surface area contributed by atoms with Crippen LogP contribution in [0.5, 0.6) is 0 Å². The normalized spacial score (nSPS) is 15.6. The van der Waals surface area contributed by atoms with Gasteiger partial charge < -0.3 is 15.7 Å². The van der Waals surface area contributed by atoms with Crippen molar-refractivity contribution in [3.8, 4) is 0 Å². The van der Waals surface area contributed by atoms with Crippen LogP contribution >= 0.6 is 0 Å². The van der Waals surface area contributed by atoms with Crippen molar-refractivity contribution < 1.29 is 9.90 Å². The molecule has 1 saturated carbocycles. The molecule has 1 aromatic rings. The fourth-order valence-corrected chi connectivity index (χ4v) is 2.42. The highest BCUT2D eigenvalue weighted by Gasteiger charge is 2.28. The molecule has 5 heteroatoms. The van der Waals surface area contributed by atoms with Crippen molar-refractivity contribution >= 4 is 6.03 Å². The number of likely N-dealkylation sites (N-methyl/N-ethyl adjacent to an activating group) is 1. The molecule has 0 spiro atoms. The smallest absolute Gasteiger partial charge is 0.314 e. The largest absolute Gasteiger partial charge is 0.392 e. The number of benzene rings is 1. The van der Waals surface area contributed by atoms with E-state index in [4.69, 9.17) is 5.11 Å². The maximum Gasteiger partial charge on any atom is 0.314 e. The second-order valence-electron chi connectivity index (χ2n) is 6.11. The molecule has 22 heavy (non-hydrogen) atoms. The monoisotopic (exact) mass is 305 g/mol. The zero-order valence-electron chi connectivity index (χ0n) is 13.5. The lowest BCUT2D eigenvalue weighted by Crippen LogP contribution is -2.45. The van der Waals surface area contributed by atoms with Gasteiger partial charge in [0.1, 0.15) is 0 Å². The van der Waals surface area contributed by atoms with Gasteiger partial charge in [-0.05, 0) is 44.4 Å². The predicted molar refractivity (Wildman–Crippen MR) is 87.7 cm³/mol. The molecular formula is C17H27N3O2. The number of hydrogen-bond acceptors (Lipinski definition) is 3. The average molecular weight is 305 g/mol. The van der Waals surface area contributed by atoms with Gasteiger partial charge in [-0.3, -0.25) is 4.90 Å². The Morgan fingerprint density at radius 3 is 2.50 bits per heavy atom. The van der Waals surface area contributed by atoms with Gasteiger partial charge in [-0.25, -0.2) is 4.79 Å². The van der Waals surface area contributed by atoms with Crippen molar-refractivity contribution in [1.82, 2.24) is 15.5 Å². The molecular weight excluding hydrogens is 278 g/mol. The number of nitrogens with zero attached hydrogens (tertiary/aromatic N) is 1. The van der Waals surface area contributed by atoms with Gasteiger partial charge in [0.2, 0.25) is 0 Å². The van der Waals surface area contributed by atoms with Crippen molar-refractivity contribution in [3.63, 3.8) is 0 Å². The van der Waals surface area contributed by atoms with Crippen molar-refractivity contribution in [2.24, 2.45) is 0 Å². The molecule has 1 unspecified atom stereocenters. The topological polar surface area (TPSA) is 64.6 Å². The van der Waals surface area contributed by atoms with Gasteiger partial charge in [-0.15, -0.1) is 0 Å². The zero-order valence-corrected chi connectivity index (χ0v) is 13.5. The summed E-state index contributed by atoms with van der Waals surface area (Å²) in [6.07, 6.45) is 3.35. The Morgan fingerprint density at radius 2 is 1.91 bits per heavy atom. The second kappa shape index (κ2) is 8.15. The molecule has 0 saturated heterocycles. The van der Waals surface area contributed by atoms with Crippen molar-refractivity contribution in [1.29, 1.82) is 0 Å². The first-order valence-corrected chi connectivity index (χ1v) is 8.02. The average Bonchev–Trinajstić information content (AvgIpc) is 3.37. The zero-order chi connectivity index (χ0) is 15.9. The molecule has 1 aliphatic carbocycles. The third-order valence-corrected chi connectivity index (χ3v) is 4.28. The molecule has 0 radical (unpaired) electrons. The number of aliphatic hydroxyl groups excluding tert-OH is 1. The van der Waals surface area contributed by atoms with Gasteiger partial charge in [-0.2, -0.15) is 0 Å². The Hall–Kier alpha value is -1.59. The highest BCUT2D eigenvalue weighted by Crippen LogP contribution is 2.26. The van der Waals surface area contributed by atoms with E-state index in [2.05, 4.69) is 29.5 Å². The molecule has 0 aromatic heterocycles. The van der Waals surface area contributed by atoms with Crippen LogP contribution in [0.1, 0.15) is 30.9 Å². The van der Waals surface area contributed by atoms with Crippen LogP contribution in [0.4, 0.5) is 4.79 Å². The van der Waals surface area contributed by atoms with Gasteiger partial charge in [0, 0.05) is 25.2 Å². The van der Waals surface area contributed by atoms with Gasteiger partial charge in [0.05, 0.1) is 6.61 Å². The number of carbonyl (C=O) groups is 1. The van der Waals surface area contributed by atoms with E-state index in [0.717, 1.165) is 17.5 Å². The summed E-state index contributed by atoms with van der Waals surface area (Å²) in [6, 6.07) is 8.75. The third kappa shape index (κ3) is 5.31. The highest BCUT2D eigenvalue weighted by molar-refractivity contribution is 5.73. The number of urea groups is 1. The first-order valence-electron chi connectivity index (χ1n) is 8.02. The van der Waals surface area contributed by atoms with Crippen LogP contribution in [-0.4, -0.2) is 48.3 Å². The van der Waals surface area contributed by atoms with Crippen LogP contribution in [0.25, 0.3) is 0 Å². The first-order chi connectivity index (χ1) is 10.6. The van der Waals surface area contributed by atoms with E-state index >= 15 is 0 Å². The number of carbonyl (C=O) groups excluding carboxylic acids is 1. The summed E-state index contributed by atoms with van der Waals surface area (Å²) in [5, 5.41) is 14.8. The maximum atomic E-state index is 11.8. The van der Waals surface area contributed by atoms with E-state index in [1.807, 2.05) is 24.3 Å². The molecule has 1 aromatic carbocycles. The van der Waals surface area contributed by atoms with Crippen molar-refractivity contribution in [3.05, 3.63) is 35.4 Å². The molecule has 3 N–H and O–H groups in total. The first kappa shape index (κ1) is 16.8. The number of rotatable bonds is 8. The summed E-state index contributed by atoms with van der Waals surface area (Å²) in [5.41, 5.74) is 2.06. The summed E-state index contributed by atoms with van der Waals surface area (Å²) < 4.78 is 0. The van der Waals surface area contributed by atoms with Crippen molar-refractivity contribution in [2.45, 2.75) is 44.9 Å². The minimum Gasteiger partial charge on any atom is -0.392 e. The number of aliphatic hydroxyl groups is 1. The fourth-order valence-electron chi connectivity index (χ4n) is 2.42. The molecule has 1 fully saturated rings. The molecule has 1 atom stereocenters. The summed E-state index contributed by atoms with van der Waals surface area (Å²) in [4.78, 5) is 14.1. The molecule has 0 bridgehead atoms. The van der Waals surface area contributed by atoms with Crippen molar-refractivity contribution in [2.75, 3.05) is 20.1 Å². The fraction of sp³-hybridized carbons (Fsp3) is 0.588. The van der Waals surface area contributed by atoms with Gasteiger partial charge >= 0.3 is 6.03 Å². The van der Waals surface area contributed by atoms with Gasteiger partial charge in [-0.1, -0.05) is 24.3 Å². The quantitative estimate of drug-likeness (QED) is 0.682. The molecule has 2 rings (SSSR count). The standard InChI is InChI=1S/C17H27N3O2/c1-13(20(2)16-7-8-16)11-19-17(22)18-10-9-14-3-5-15(12-21)6-4-14/h3-6,13,16,21H,7-12H2,1-2H3,(H2,18,19,22). The molecule has 0 aliphatic heterocycles. The van der Waals surface area contributed by atoms with Crippen LogP contribution in [0, 0.1) is 0 Å². The lowest BCUT2D eigenvalue weighted by Gasteiger charge is -2.24. The van der Waals surface area contributed by atoms with Gasteiger partial charge in [0.15, 0.2) is 0 Å². The van der Waals surface area contributed by atoms with E-state index in [1.165, 1.54) is 12.8 Å². The van der Waals surface area contributed by atoms with E-state index < -0.39 is 0 Å². The Bertz CT molecular complexity index is 471. The van der Waals surface area contributed by atoms with E-state index in [1.54, 1.807) is 0 Å². The van der Waals surface area contributed by atoms with Crippen LogP contribution in [0.3, 0.4) is 0 Å². The van der Waals surface area contributed by atoms with E-state index in [-0.39, 0.29) is 12.6 Å². The molecule has 2 amide bonds. The number of amides is 2. The minimum absolute atomic E-state index is 0.0639. The third-order valence-electron chi connectivity index (χ3n) is 4.28. The number of hydrogen-bond donors (Lipinski definition) is 3. The minimum atomic E-state index is -0.108. The molecule has 1 aliphatic rings. The Morgan fingerprint density at radius 1 is 1.27 bits per heavy atom. The summed E-state index contributed by atoms with van der Waals surface area (Å²) in [5.74, 6) is 0. The van der Waals surface area contributed by atoms with E-state index in [9.17, 15) is 4.79 Å². The van der Waals surface area contributed by atoms with Crippen LogP contribution in [-0.2, 0) is 13.0 Å². The summed E-state index contributed by atoms with van der Waals surface area (Å²) in [6.45, 7) is 3.48. The molecule has 0 heterocycles. The Kier molecular flexibility index (Phi) is 6.21.